The number of amides is 1. The second-order valence-corrected chi connectivity index (χ2v) is 8.15. The van der Waals surface area contributed by atoms with E-state index in [1.54, 1.807) is 4.90 Å². The van der Waals surface area contributed by atoms with Crippen molar-refractivity contribution in [3.63, 3.8) is 0 Å². The summed E-state index contributed by atoms with van der Waals surface area (Å²) in [5.41, 5.74) is 3.39. The van der Waals surface area contributed by atoms with Crippen LogP contribution in [0.4, 0.5) is 4.39 Å². The highest BCUT2D eigenvalue weighted by Gasteiger charge is 2.38. The lowest BCUT2D eigenvalue weighted by Gasteiger charge is -2.28. The molecule has 1 aliphatic carbocycles. The summed E-state index contributed by atoms with van der Waals surface area (Å²) >= 11 is 0. The van der Waals surface area contributed by atoms with Crippen LogP contribution in [-0.2, 0) is 4.79 Å². The van der Waals surface area contributed by atoms with Crippen LogP contribution in [0.2, 0.25) is 0 Å². The van der Waals surface area contributed by atoms with Gasteiger partial charge in [-0.2, -0.15) is 0 Å². The summed E-state index contributed by atoms with van der Waals surface area (Å²) in [5, 5.41) is 3.43. The lowest BCUT2D eigenvalue weighted by molar-refractivity contribution is -0.126. The molecule has 7 heteroatoms. The molecule has 0 aromatic carbocycles. The highest BCUT2D eigenvalue weighted by molar-refractivity contribution is 5.99. The molecule has 1 aromatic rings. The van der Waals surface area contributed by atoms with Gasteiger partial charge >= 0.3 is 0 Å². The second-order valence-electron chi connectivity index (χ2n) is 8.15. The van der Waals surface area contributed by atoms with Crippen molar-refractivity contribution in [1.29, 1.82) is 0 Å². The smallest absolute Gasteiger partial charge is 0.254 e. The van der Waals surface area contributed by atoms with Crippen LogP contribution >= 0.6 is 0 Å². The Bertz CT molecular complexity index is 906. The maximum absolute atomic E-state index is 13.3. The van der Waals surface area contributed by atoms with Gasteiger partial charge in [-0.25, -0.2) is 19.4 Å². The normalized spacial score (nSPS) is 18.4. The molecule has 1 aromatic heterocycles. The highest BCUT2D eigenvalue weighted by Crippen LogP contribution is 2.36. The molecule has 29 heavy (non-hydrogen) atoms. The molecule has 1 aliphatic heterocycles. The van der Waals surface area contributed by atoms with Crippen LogP contribution in [0.25, 0.3) is 5.57 Å². The number of aliphatic imine (C=N–C) groups is 1. The van der Waals surface area contributed by atoms with Crippen molar-refractivity contribution in [1.82, 2.24) is 20.2 Å². The molecule has 2 aliphatic rings. The predicted molar refractivity (Wildman–Crippen MR) is 113 cm³/mol. The van der Waals surface area contributed by atoms with E-state index in [2.05, 4.69) is 33.9 Å². The number of aromatic nitrogens is 2. The van der Waals surface area contributed by atoms with E-state index in [0.29, 0.717) is 36.7 Å². The van der Waals surface area contributed by atoms with Gasteiger partial charge in [0.2, 0.25) is 0 Å². The van der Waals surface area contributed by atoms with Gasteiger partial charge in [0.15, 0.2) is 11.6 Å². The topological polar surface area (TPSA) is 70.5 Å². The molecule has 0 atom stereocenters. The first-order chi connectivity index (χ1) is 13.7. The number of hydrogen-bond acceptors (Lipinski definition) is 5. The van der Waals surface area contributed by atoms with E-state index in [9.17, 15) is 9.18 Å². The number of rotatable bonds is 6. The van der Waals surface area contributed by atoms with Crippen molar-refractivity contribution in [3.8, 4) is 0 Å². The standard InChI is InChI=1S/C22H28FN5O/c1-14(2)18(15(3)19(24-5)27-22(4)8-9-22)21(29)28-10-6-16(7-11-28)20-25-12-17(23)13-26-20/h6,12-13,27H,5,7-11H2,1-4H3/b19-15-. The summed E-state index contributed by atoms with van der Waals surface area (Å²) in [5.74, 6) is 0.694. The fourth-order valence-electron chi connectivity index (χ4n) is 3.41. The Kier molecular flexibility index (Phi) is 5.96. The van der Waals surface area contributed by atoms with E-state index >= 15 is 0 Å². The molecule has 2 heterocycles. The first kappa shape index (κ1) is 20.9. The van der Waals surface area contributed by atoms with Gasteiger partial charge in [-0.05, 0) is 59.2 Å². The van der Waals surface area contributed by atoms with Crippen molar-refractivity contribution >= 4 is 18.2 Å². The quantitative estimate of drug-likeness (QED) is 0.452. The summed E-state index contributed by atoms with van der Waals surface area (Å²) in [6, 6.07) is 0. The molecule has 3 rings (SSSR count). The van der Waals surface area contributed by atoms with Crippen molar-refractivity contribution < 1.29 is 9.18 Å². The molecule has 154 valence electrons. The van der Waals surface area contributed by atoms with Gasteiger partial charge in [0.05, 0.1) is 12.4 Å². The average molecular weight is 397 g/mol. The molecular formula is C22H28FN5O. The Hall–Kier alpha value is -2.83. The summed E-state index contributed by atoms with van der Waals surface area (Å²) in [4.78, 5) is 27.3. The average Bonchev–Trinajstić information content (AvgIpc) is 3.43. The van der Waals surface area contributed by atoms with E-state index in [1.165, 1.54) is 0 Å². The number of nitrogens with one attached hydrogen (secondary N) is 1. The predicted octanol–water partition coefficient (Wildman–Crippen LogP) is 3.64. The first-order valence-electron chi connectivity index (χ1n) is 9.84. The van der Waals surface area contributed by atoms with Gasteiger partial charge in [-0.1, -0.05) is 11.6 Å². The molecule has 0 spiro atoms. The highest BCUT2D eigenvalue weighted by atomic mass is 19.1. The molecule has 1 N–H and O–H groups in total. The van der Waals surface area contributed by atoms with Crippen LogP contribution in [-0.4, -0.2) is 46.1 Å². The summed E-state index contributed by atoms with van der Waals surface area (Å²) < 4.78 is 13.0. The maximum atomic E-state index is 13.3. The summed E-state index contributed by atoms with van der Waals surface area (Å²) in [6.45, 7) is 12.6. The fourth-order valence-corrected chi connectivity index (χ4v) is 3.41. The molecule has 6 nitrogen and oxygen atoms in total. The van der Waals surface area contributed by atoms with Crippen molar-refractivity contribution in [3.05, 3.63) is 52.7 Å². The van der Waals surface area contributed by atoms with Crippen LogP contribution < -0.4 is 5.32 Å². The van der Waals surface area contributed by atoms with E-state index in [-0.39, 0.29) is 11.4 Å². The van der Waals surface area contributed by atoms with Gasteiger partial charge in [0.1, 0.15) is 5.82 Å². The zero-order valence-corrected chi connectivity index (χ0v) is 17.5. The van der Waals surface area contributed by atoms with Crippen LogP contribution in [0.15, 0.2) is 46.0 Å². The molecule has 1 amide bonds. The number of halogens is 1. The Morgan fingerprint density at radius 2 is 1.93 bits per heavy atom. The lowest BCUT2D eigenvalue weighted by atomic mass is 9.99. The molecule has 0 unspecified atom stereocenters. The number of allylic oxidation sites excluding steroid dienone is 1. The summed E-state index contributed by atoms with van der Waals surface area (Å²) in [7, 11) is 0. The van der Waals surface area contributed by atoms with E-state index < -0.39 is 5.82 Å². The third kappa shape index (κ3) is 4.78. The lowest BCUT2D eigenvalue weighted by Crippen LogP contribution is -2.37. The van der Waals surface area contributed by atoms with Crippen LogP contribution in [0.5, 0.6) is 0 Å². The minimum Gasteiger partial charge on any atom is -0.365 e. The minimum absolute atomic E-state index is 0.0262. The third-order valence-corrected chi connectivity index (χ3v) is 5.43. The Balaban J connectivity index is 1.79. The summed E-state index contributed by atoms with van der Waals surface area (Å²) in [6.07, 6.45) is 7.05. The minimum atomic E-state index is -0.460. The third-order valence-electron chi connectivity index (χ3n) is 5.43. The van der Waals surface area contributed by atoms with E-state index in [0.717, 1.165) is 42.0 Å². The molecule has 0 radical (unpaired) electrons. The number of carbonyl (C=O) groups excluding carboxylic acids is 1. The largest absolute Gasteiger partial charge is 0.365 e. The zero-order valence-electron chi connectivity index (χ0n) is 17.5. The van der Waals surface area contributed by atoms with Gasteiger partial charge in [-0.15, -0.1) is 0 Å². The first-order valence-corrected chi connectivity index (χ1v) is 9.84. The number of hydrogen-bond donors (Lipinski definition) is 1. The van der Waals surface area contributed by atoms with Crippen molar-refractivity contribution in [2.45, 2.75) is 52.5 Å². The van der Waals surface area contributed by atoms with E-state index in [1.807, 2.05) is 26.8 Å². The zero-order chi connectivity index (χ0) is 21.2. The van der Waals surface area contributed by atoms with Crippen molar-refractivity contribution in [2.75, 3.05) is 13.1 Å². The van der Waals surface area contributed by atoms with Crippen molar-refractivity contribution in [2.24, 2.45) is 4.99 Å². The van der Waals surface area contributed by atoms with Crippen LogP contribution in [0, 0.1) is 5.82 Å². The SMILES string of the molecule is C=N/C(NC1(C)CC1)=C(\C)C(C(=O)N1CC=C(c2ncc(F)cn2)CC1)=C(C)C. The Morgan fingerprint density at radius 1 is 1.28 bits per heavy atom. The second kappa shape index (κ2) is 8.27. The molecular weight excluding hydrogens is 369 g/mol. The van der Waals surface area contributed by atoms with Gasteiger partial charge in [0.25, 0.3) is 5.91 Å². The molecule has 1 fully saturated rings. The van der Waals surface area contributed by atoms with E-state index in [4.69, 9.17) is 0 Å². The van der Waals surface area contributed by atoms with Crippen LogP contribution in [0.1, 0.15) is 52.8 Å². The number of carbonyl (C=O) groups is 1. The molecule has 0 bridgehead atoms. The molecule has 1 saturated carbocycles. The Labute approximate surface area is 171 Å². The monoisotopic (exact) mass is 397 g/mol. The van der Waals surface area contributed by atoms with Gasteiger partial charge in [0, 0.05) is 29.8 Å². The van der Waals surface area contributed by atoms with Gasteiger partial charge in [-0.3, -0.25) is 4.79 Å². The Morgan fingerprint density at radius 3 is 2.41 bits per heavy atom. The van der Waals surface area contributed by atoms with Crippen LogP contribution in [0.3, 0.4) is 0 Å². The van der Waals surface area contributed by atoms with Gasteiger partial charge < -0.3 is 10.2 Å². The molecule has 0 saturated heterocycles. The fraction of sp³-hybridized carbons (Fsp3) is 0.455. The number of nitrogens with zero attached hydrogens (tertiary/aromatic N) is 4. The maximum Gasteiger partial charge on any atom is 0.254 e.